The van der Waals surface area contributed by atoms with Gasteiger partial charge in [-0.1, -0.05) is 19.1 Å². The van der Waals surface area contributed by atoms with E-state index >= 15 is 0 Å². The number of nitrogens with zero attached hydrogens (tertiary/aromatic N) is 2. The molecule has 1 atom stereocenters. The number of nitrogens with one attached hydrogen (secondary N) is 2. The maximum atomic E-state index is 13.0. The third-order valence-corrected chi connectivity index (χ3v) is 5.57. The van der Waals surface area contributed by atoms with Crippen LogP contribution in [0.1, 0.15) is 55.1 Å². The van der Waals surface area contributed by atoms with Gasteiger partial charge in [-0.15, -0.1) is 0 Å². The first-order chi connectivity index (χ1) is 14.6. The Kier molecular flexibility index (Phi) is 5.88. The Morgan fingerprint density at radius 1 is 1.30 bits per heavy atom. The number of hydrogen-bond acceptors (Lipinski definition) is 5. The first kappa shape index (κ1) is 20.2. The normalized spacial score (nSPS) is 16.5. The first-order valence-corrected chi connectivity index (χ1v) is 10.7. The Morgan fingerprint density at radius 3 is 2.73 bits per heavy atom. The minimum Gasteiger partial charge on any atom is -0.494 e. The second-order valence-corrected chi connectivity index (χ2v) is 7.83. The Bertz CT molecular complexity index is 925. The van der Waals surface area contributed by atoms with E-state index in [2.05, 4.69) is 15.6 Å². The van der Waals surface area contributed by atoms with Gasteiger partial charge in [0, 0.05) is 12.7 Å². The summed E-state index contributed by atoms with van der Waals surface area (Å²) in [6.45, 7) is 5.54. The number of aromatic nitrogens is 1. The van der Waals surface area contributed by atoms with Crippen LogP contribution in [0.5, 0.6) is 5.75 Å². The van der Waals surface area contributed by atoms with Gasteiger partial charge in [0.1, 0.15) is 11.6 Å². The van der Waals surface area contributed by atoms with Crippen LogP contribution in [-0.2, 0) is 4.79 Å². The van der Waals surface area contributed by atoms with Crippen molar-refractivity contribution >= 4 is 23.3 Å². The molecule has 1 aliphatic carbocycles. The van der Waals surface area contributed by atoms with Crippen LogP contribution in [0.3, 0.4) is 0 Å². The lowest BCUT2D eigenvalue weighted by Crippen LogP contribution is -2.41. The van der Waals surface area contributed by atoms with E-state index in [4.69, 9.17) is 4.74 Å². The van der Waals surface area contributed by atoms with Crippen molar-refractivity contribution in [3.8, 4) is 5.75 Å². The van der Waals surface area contributed by atoms with Gasteiger partial charge in [0.05, 0.1) is 30.4 Å². The molecule has 0 bridgehead atoms. The molecule has 2 aliphatic rings. The summed E-state index contributed by atoms with van der Waals surface area (Å²) in [6.07, 6.45) is 4.63. The zero-order valence-electron chi connectivity index (χ0n) is 17.5. The van der Waals surface area contributed by atoms with E-state index in [9.17, 15) is 9.59 Å². The van der Waals surface area contributed by atoms with Gasteiger partial charge in [0.15, 0.2) is 0 Å². The van der Waals surface area contributed by atoms with Crippen molar-refractivity contribution in [2.24, 2.45) is 5.92 Å². The second kappa shape index (κ2) is 8.73. The zero-order chi connectivity index (χ0) is 21.1. The maximum absolute atomic E-state index is 13.0. The number of fused-ring (bicyclic) bond motifs is 1. The average Bonchev–Trinajstić information content (AvgIpc) is 3.59. The Morgan fingerprint density at radius 2 is 2.07 bits per heavy atom. The van der Waals surface area contributed by atoms with Gasteiger partial charge >= 0.3 is 0 Å². The lowest BCUT2D eigenvalue weighted by atomic mass is 10.0. The number of carbonyl (C=O) groups is 2. The predicted octanol–water partition coefficient (Wildman–Crippen LogP) is 3.53. The van der Waals surface area contributed by atoms with Crippen molar-refractivity contribution in [1.29, 1.82) is 0 Å². The van der Waals surface area contributed by atoms with Gasteiger partial charge in [0.25, 0.3) is 5.91 Å². The largest absolute Gasteiger partial charge is 0.494 e. The fraction of sp³-hybridized carbons (Fsp3) is 0.435. The molecule has 0 radical (unpaired) electrons. The third-order valence-electron chi connectivity index (χ3n) is 5.57. The molecule has 1 saturated carbocycles. The molecule has 0 saturated heterocycles. The fourth-order valence-electron chi connectivity index (χ4n) is 3.69. The number of rotatable bonds is 8. The Labute approximate surface area is 176 Å². The van der Waals surface area contributed by atoms with Crippen LogP contribution in [-0.4, -0.2) is 36.5 Å². The van der Waals surface area contributed by atoms with Crippen molar-refractivity contribution in [3.63, 3.8) is 0 Å². The molecule has 2 heterocycles. The van der Waals surface area contributed by atoms with Crippen LogP contribution in [0.25, 0.3) is 0 Å². The standard InChI is InChI=1S/C23H28N4O3/c1-3-19(16-7-9-18(10-8-16)30-4-2)26-23(29)17-11-20-22(24-12-17)25-13-21(28)27(20)14-15-5-6-15/h7-12,15,19H,3-6,13-14H2,1-2H3,(H,24,25)(H,26,29). The van der Waals surface area contributed by atoms with Crippen LogP contribution < -0.4 is 20.3 Å². The van der Waals surface area contributed by atoms with Crippen molar-refractivity contribution in [2.75, 3.05) is 29.9 Å². The summed E-state index contributed by atoms with van der Waals surface area (Å²) >= 11 is 0. The highest BCUT2D eigenvalue weighted by Gasteiger charge is 2.32. The predicted molar refractivity (Wildman–Crippen MR) is 116 cm³/mol. The number of pyridine rings is 1. The van der Waals surface area contributed by atoms with E-state index in [1.54, 1.807) is 17.2 Å². The van der Waals surface area contributed by atoms with E-state index in [-0.39, 0.29) is 24.4 Å². The molecule has 1 aliphatic heterocycles. The summed E-state index contributed by atoms with van der Waals surface area (Å²) in [5, 5.41) is 6.14. The number of ether oxygens (including phenoxy) is 1. The van der Waals surface area contributed by atoms with Crippen molar-refractivity contribution < 1.29 is 14.3 Å². The van der Waals surface area contributed by atoms with Crippen LogP contribution in [0.4, 0.5) is 11.5 Å². The van der Waals surface area contributed by atoms with Crippen LogP contribution in [0.2, 0.25) is 0 Å². The molecule has 30 heavy (non-hydrogen) atoms. The second-order valence-electron chi connectivity index (χ2n) is 7.83. The minimum absolute atomic E-state index is 0.0228. The van der Waals surface area contributed by atoms with Gasteiger partial charge in [-0.2, -0.15) is 0 Å². The Hall–Kier alpha value is -3.09. The quantitative estimate of drug-likeness (QED) is 0.698. The van der Waals surface area contributed by atoms with Crippen molar-refractivity contribution in [2.45, 2.75) is 39.2 Å². The molecule has 1 unspecified atom stereocenters. The summed E-state index contributed by atoms with van der Waals surface area (Å²) in [7, 11) is 0. The van der Waals surface area contributed by atoms with E-state index in [0.29, 0.717) is 36.1 Å². The molecule has 2 aromatic rings. The number of benzene rings is 1. The van der Waals surface area contributed by atoms with Gasteiger partial charge in [0.2, 0.25) is 5.91 Å². The van der Waals surface area contributed by atoms with E-state index in [1.807, 2.05) is 38.1 Å². The van der Waals surface area contributed by atoms with Crippen LogP contribution in [0, 0.1) is 5.92 Å². The molecular formula is C23H28N4O3. The highest BCUT2D eigenvalue weighted by Crippen LogP contribution is 2.35. The Balaban J connectivity index is 1.51. The average molecular weight is 409 g/mol. The molecule has 4 rings (SSSR count). The summed E-state index contributed by atoms with van der Waals surface area (Å²) < 4.78 is 5.49. The molecule has 1 aromatic carbocycles. The molecule has 0 spiro atoms. The lowest BCUT2D eigenvalue weighted by molar-refractivity contribution is -0.117. The molecule has 7 nitrogen and oxygen atoms in total. The summed E-state index contributed by atoms with van der Waals surface area (Å²) in [5.74, 6) is 1.85. The topological polar surface area (TPSA) is 83.6 Å². The number of carbonyl (C=O) groups excluding carboxylic acids is 2. The highest BCUT2D eigenvalue weighted by atomic mass is 16.5. The first-order valence-electron chi connectivity index (χ1n) is 10.7. The summed E-state index contributed by atoms with van der Waals surface area (Å²) in [4.78, 5) is 31.6. The summed E-state index contributed by atoms with van der Waals surface area (Å²) in [6, 6.07) is 9.44. The smallest absolute Gasteiger partial charge is 0.253 e. The van der Waals surface area contributed by atoms with Crippen molar-refractivity contribution in [1.82, 2.24) is 10.3 Å². The van der Waals surface area contributed by atoms with E-state index < -0.39 is 0 Å². The molecule has 2 amide bonds. The molecular weight excluding hydrogens is 380 g/mol. The molecule has 1 fully saturated rings. The van der Waals surface area contributed by atoms with E-state index in [0.717, 1.165) is 30.6 Å². The van der Waals surface area contributed by atoms with E-state index in [1.165, 1.54) is 0 Å². The number of amides is 2. The fourth-order valence-corrected chi connectivity index (χ4v) is 3.69. The van der Waals surface area contributed by atoms with Crippen LogP contribution in [0.15, 0.2) is 36.5 Å². The number of hydrogen-bond donors (Lipinski definition) is 2. The molecule has 7 heteroatoms. The highest BCUT2D eigenvalue weighted by molar-refractivity contribution is 6.04. The van der Waals surface area contributed by atoms with Gasteiger partial charge < -0.3 is 20.3 Å². The van der Waals surface area contributed by atoms with Crippen molar-refractivity contribution in [3.05, 3.63) is 47.7 Å². The van der Waals surface area contributed by atoms with Gasteiger partial charge in [-0.05, 0) is 55.9 Å². The monoisotopic (exact) mass is 408 g/mol. The number of anilines is 2. The maximum Gasteiger partial charge on any atom is 0.253 e. The van der Waals surface area contributed by atoms with Gasteiger partial charge in [-0.3, -0.25) is 9.59 Å². The van der Waals surface area contributed by atoms with Gasteiger partial charge in [-0.25, -0.2) is 4.98 Å². The molecule has 1 aromatic heterocycles. The molecule has 158 valence electrons. The minimum atomic E-state index is -0.199. The zero-order valence-corrected chi connectivity index (χ0v) is 17.5. The lowest BCUT2D eigenvalue weighted by Gasteiger charge is -2.30. The third kappa shape index (κ3) is 4.40. The SMILES string of the molecule is CCOc1ccc(C(CC)NC(=O)c2cnc3c(c2)N(CC2CC2)C(=O)CN3)cc1. The summed E-state index contributed by atoms with van der Waals surface area (Å²) in [5.41, 5.74) is 2.17. The molecule has 2 N–H and O–H groups in total. The van der Waals surface area contributed by atoms with Crippen LogP contribution >= 0.6 is 0 Å².